The van der Waals surface area contributed by atoms with E-state index in [1.165, 1.54) is 31.8 Å². The molecule has 200 valence electrons. The van der Waals surface area contributed by atoms with Gasteiger partial charge < -0.3 is 4.74 Å². The van der Waals surface area contributed by atoms with E-state index in [0.29, 0.717) is 0 Å². The first-order chi connectivity index (χ1) is 20.3. The summed E-state index contributed by atoms with van der Waals surface area (Å²) in [6, 6.07) is 66.6. The summed E-state index contributed by atoms with van der Waals surface area (Å²) in [7, 11) is -2.98. The molecule has 41 heavy (non-hydrogen) atoms. The van der Waals surface area contributed by atoms with Gasteiger partial charge in [0.15, 0.2) is 14.5 Å². The number of benzene rings is 6. The van der Waals surface area contributed by atoms with Crippen LogP contribution in [-0.2, 0) is 4.74 Å². The van der Waals surface area contributed by atoms with Crippen molar-refractivity contribution in [3.05, 3.63) is 182 Å². The zero-order chi connectivity index (χ0) is 28.0. The number of methoxy groups -OCH3 is 1. The Bertz CT molecular complexity index is 1320. The van der Waals surface area contributed by atoms with Crippen LogP contribution in [0.25, 0.3) is 0 Å². The van der Waals surface area contributed by atoms with Gasteiger partial charge in [-0.3, -0.25) is 0 Å². The van der Waals surface area contributed by atoms with E-state index < -0.39 is 14.5 Å². The molecule has 0 heterocycles. The van der Waals surface area contributed by atoms with E-state index in [0.717, 1.165) is 0 Å². The Kier molecular flexibility index (Phi) is 8.22. The first kappa shape index (κ1) is 27.3. The molecule has 0 fully saturated rings. The Labute approximate surface area is 245 Å². The molecule has 0 saturated heterocycles. The van der Waals surface area contributed by atoms with Crippen molar-refractivity contribution in [2.75, 3.05) is 7.11 Å². The molecular formula is C38H34OP2+2. The Morgan fingerprint density at radius 3 is 0.634 bits per heavy atom. The SMILES string of the molecule is COC([P+](c1ccccc1)(c1ccccc1)c1ccccc1)[P+](c1ccccc1)(c1ccccc1)c1ccccc1. The second-order valence-corrected chi connectivity index (χ2v) is 17.4. The lowest BCUT2D eigenvalue weighted by molar-refractivity contribution is 0.227. The van der Waals surface area contributed by atoms with Crippen LogP contribution >= 0.6 is 14.5 Å². The van der Waals surface area contributed by atoms with Crippen molar-refractivity contribution in [3.63, 3.8) is 0 Å². The Hall–Kier alpha value is -3.86. The standard InChI is InChI=1S/C38H34OP2/c1-39-38(40(32-20-8-2-9-21-32,33-22-10-3-11-23-33)34-24-12-4-13-25-34)41(35-26-14-5-15-27-35,36-28-16-6-17-29-36)37-30-18-7-19-31-37/h2-31,38H,1H3/q+2. The summed E-state index contributed by atoms with van der Waals surface area (Å²) in [6.45, 7) is 0. The topological polar surface area (TPSA) is 9.23 Å². The molecule has 0 radical (unpaired) electrons. The van der Waals surface area contributed by atoms with Gasteiger partial charge in [0.2, 0.25) is 0 Å². The van der Waals surface area contributed by atoms with Crippen LogP contribution in [0.15, 0.2) is 182 Å². The molecule has 0 aliphatic carbocycles. The first-order valence-corrected chi connectivity index (χ1v) is 17.7. The van der Waals surface area contributed by atoms with Crippen LogP contribution in [0.2, 0.25) is 0 Å². The average Bonchev–Trinajstić information content (AvgIpc) is 3.07. The Morgan fingerprint density at radius 2 is 0.488 bits per heavy atom. The monoisotopic (exact) mass is 568 g/mol. The predicted molar refractivity (Wildman–Crippen MR) is 181 cm³/mol. The lowest BCUT2D eigenvalue weighted by atomic mass is 10.4. The zero-order valence-electron chi connectivity index (χ0n) is 23.2. The molecule has 0 bridgehead atoms. The van der Waals surface area contributed by atoms with E-state index in [-0.39, 0.29) is 5.59 Å². The van der Waals surface area contributed by atoms with Gasteiger partial charge in [0, 0.05) is 7.11 Å². The molecule has 6 aromatic carbocycles. The van der Waals surface area contributed by atoms with Gasteiger partial charge in [-0.25, -0.2) is 0 Å². The average molecular weight is 569 g/mol. The van der Waals surface area contributed by atoms with Crippen LogP contribution in [0.4, 0.5) is 0 Å². The van der Waals surface area contributed by atoms with E-state index >= 15 is 0 Å². The predicted octanol–water partition coefficient (Wildman–Crippen LogP) is 6.90. The third-order valence-electron chi connectivity index (χ3n) is 7.85. The molecule has 3 heteroatoms. The fourth-order valence-corrected chi connectivity index (χ4v) is 18.5. The number of rotatable bonds is 9. The fraction of sp³-hybridized carbons (Fsp3) is 0.0526. The van der Waals surface area contributed by atoms with Crippen LogP contribution in [0, 0.1) is 0 Å². The van der Waals surface area contributed by atoms with Crippen LogP contribution in [0.5, 0.6) is 0 Å². The van der Waals surface area contributed by atoms with E-state index in [4.69, 9.17) is 4.74 Å². The van der Waals surface area contributed by atoms with Crippen molar-refractivity contribution >= 4 is 46.4 Å². The molecule has 0 N–H and O–H groups in total. The van der Waals surface area contributed by atoms with Gasteiger partial charge in [0.25, 0.3) is 5.59 Å². The van der Waals surface area contributed by atoms with Crippen LogP contribution in [0.3, 0.4) is 0 Å². The second kappa shape index (κ2) is 12.3. The van der Waals surface area contributed by atoms with Gasteiger partial charge >= 0.3 is 0 Å². The summed E-state index contributed by atoms with van der Waals surface area (Å²) in [5.41, 5.74) is -0.172. The van der Waals surface area contributed by atoms with Crippen molar-refractivity contribution in [3.8, 4) is 0 Å². The molecular weight excluding hydrogens is 534 g/mol. The molecule has 1 nitrogen and oxygen atoms in total. The highest BCUT2D eigenvalue weighted by Gasteiger charge is 2.69. The molecule has 0 saturated carbocycles. The van der Waals surface area contributed by atoms with Crippen molar-refractivity contribution in [1.29, 1.82) is 0 Å². The lowest BCUT2D eigenvalue weighted by Gasteiger charge is -2.40. The van der Waals surface area contributed by atoms with Crippen LogP contribution < -0.4 is 31.8 Å². The molecule has 0 unspecified atom stereocenters. The Morgan fingerprint density at radius 1 is 0.317 bits per heavy atom. The van der Waals surface area contributed by atoms with Gasteiger partial charge in [-0.15, -0.1) is 0 Å². The fourth-order valence-electron chi connectivity index (χ4n) is 6.21. The van der Waals surface area contributed by atoms with Gasteiger partial charge in [-0.1, -0.05) is 109 Å². The summed E-state index contributed by atoms with van der Waals surface area (Å²) >= 11 is 0. The van der Waals surface area contributed by atoms with Crippen molar-refractivity contribution in [2.24, 2.45) is 0 Å². The lowest BCUT2D eigenvalue weighted by Crippen LogP contribution is -2.48. The molecule has 0 aliphatic rings. The summed E-state index contributed by atoms with van der Waals surface area (Å²) in [6.07, 6.45) is 0. The van der Waals surface area contributed by atoms with E-state index in [9.17, 15) is 0 Å². The minimum atomic E-state index is -2.45. The van der Waals surface area contributed by atoms with Crippen LogP contribution in [-0.4, -0.2) is 12.7 Å². The van der Waals surface area contributed by atoms with E-state index in [2.05, 4.69) is 182 Å². The van der Waals surface area contributed by atoms with E-state index in [1.54, 1.807) is 0 Å². The second-order valence-electron chi connectivity index (χ2n) is 10.0. The minimum absolute atomic E-state index is 0.172. The highest BCUT2D eigenvalue weighted by Crippen LogP contribution is 2.76. The highest BCUT2D eigenvalue weighted by molar-refractivity contribution is 8.10. The maximum Gasteiger partial charge on any atom is 0.296 e. The maximum atomic E-state index is 7.11. The van der Waals surface area contributed by atoms with Gasteiger partial charge in [-0.2, -0.15) is 0 Å². The van der Waals surface area contributed by atoms with Crippen molar-refractivity contribution < 1.29 is 4.74 Å². The molecule has 0 aromatic heterocycles. The molecule has 6 aromatic rings. The minimum Gasteiger partial charge on any atom is -0.315 e. The summed E-state index contributed by atoms with van der Waals surface area (Å²) < 4.78 is 7.11. The van der Waals surface area contributed by atoms with Gasteiger partial charge in [0.1, 0.15) is 31.8 Å². The van der Waals surface area contributed by atoms with Crippen LogP contribution in [0.1, 0.15) is 0 Å². The van der Waals surface area contributed by atoms with Gasteiger partial charge in [0.05, 0.1) is 0 Å². The third kappa shape index (κ3) is 4.75. The zero-order valence-corrected chi connectivity index (χ0v) is 25.0. The molecule has 0 amide bonds. The van der Waals surface area contributed by atoms with Crippen molar-refractivity contribution in [1.82, 2.24) is 0 Å². The van der Waals surface area contributed by atoms with E-state index in [1.807, 2.05) is 7.11 Å². The normalized spacial score (nSPS) is 11.9. The number of hydrogen-bond donors (Lipinski definition) is 0. The summed E-state index contributed by atoms with van der Waals surface area (Å²) in [5.74, 6) is 0. The number of ether oxygens (including phenoxy) is 1. The summed E-state index contributed by atoms with van der Waals surface area (Å²) in [5, 5.41) is 7.90. The Balaban J connectivity index is 1.84. The van der Waals surface area contributed by atoms with Crippen molar-refractivity contribution in [2.45, 2.75) is 5.59 Å². The summed E-state index contributed by atoms with van der Waals surface area (Å²) in [4.78, 5) is 0. The largest absolute Gasteiger partial charge is 0.315 e. The highest BCUT2D eigenvalue weighted by atomic mass is 31.2. The third-order valence-corrected chi connectivity index (χ3v) is 18.4. The molecule has 0 aliphatic heterocycles. The smallest absolute Gasteiger partial charge is 0.296 e. The molecule has 0 atom stereocenters. The van der Waals surface area contributed by atoms with Gasteiger partial charge in [-0.05, 0) is 72.8 Å². The first-order valence-electron chi connectivity index (χ1n) is 14.0. The maximum absolute atomic E-state index is 7.11. The number of hydrogen-bond acceptors (Lipinski definition) is 1. The molecule has 0 spiro atoms. The molecule has 6 rings (SSSR count). The quantitative estimate of drug-likeness (QED) is 0.172.